The van der Waals surface area contributed by atoms with Crippen LogP contribution in [0.3, 0.4) is 0 Å². The van der Waals surface area contributed by atoms with Crippen LogP contribution in [0, 0.1) is 5.82 Å². The lowest BCUT2D eigenvalue weighted by atomic mass is 10.2. The van der Waals surface area contributed by atoms with Crippen LogP contribution in [-0.2, 0) is 4.79 Å². The SMILES string of the molecule is O=C(CNC(=O)c1ccc(F)cc1)N/N=C/c1ccccc1Cl. The fourth-order valence-corrected chi connectivity index (χ4v) is 1.84. The van der Waals surface area contributed by atoms with Crippen LogP contribution in [0.25, 0.3) is 0 Å². The van der Waals surface area contributed by atoms with E-state index in [4.69, 9.17) is 11.6 Å². The molecule has 23 heavy (non-hydrogen) atoms. The van der Waals surface area contributed by atoms with Gasteiger partial charge in [-0.3, -0.25) is 9.59 Å². The molecule has 0 heterocycles. The first-order valence-electron chi connectivity index (χ1n) is 6.66. The summed E-state index contributed by atoms with van der Waals surface area (Å²) in [7, 11) is 0. The fourth-order valence-electron chi connectivity index (χ4n) is 1.66. The van der Waals surface area contributed by atoms with Gasteiger partial charge in [0, 0.05) is 16.1 Å². The van der Waals surface area contributed by atoms with Gasteiger partial charge in [-0.2, -0.15) is 5.10 Å². The summed E-state index contributed by atoms with van der Waals surface area (Å²) in [5, 5.41) is 6.67. The largest absolute Gasteiger partial charge is 0.343 e. The lowest BCUT2D eigenvalue weighted by Crippen LogP contribution is -2.34. The first kappa shape index (κ1) is 16.6. The highest BCUT2D eigenvalue weighted by Gasteiger charge is 2.07. The summed E-state index contributed by atoms with van der Waals surface area (Å²) in [5.41, 5.74) is 3.19. The molecule has 2 aromatic rings. The number of nitrogens with zero attached hydrogens (tertiary/aromatic N) is 1. The van der Waals surface area contributed by atoms with Crippen molar-refractivity contribution in [3.05, 3.63) is 70.5 Å². The fraction of sp³-hybridized carbons (Fsp3) is 0.0625. The van der Waals surface area contributed by atoms with E-state index in [1.54, 1.807) is 24.3 Å². The van der Waals surface area contributed by atoms with Gasteiger partial charge in [0.1, 0.15) is 5.82 Å². The van der Waals surface area contributed by atoms with Crippen LogP contribution in [0.5, 0.6) is 0 Å². The smallest absolute Gasteiger partial charge is 0.259 e. The van der Waals surface area contributed by atoms with Crippen molar-refractivity contribution >= 4 is 29.6 Å². The Hall–Kier alpha value is -2.73. The molecule has 2 N–H and O–H groups in total. The number of hydrogen-bond acceptors (Lipinski definition) is 3. The summed E-state index contributed by atoms with van der Waals surface area (Å²) in [5.74, 6) is -1.41. The third kappa shape index (κ3) is 5.19. The molecule has 2 rings (SSSR count). The molecule has 0 saturated carbocycles. The average Bonchev–Trinajstić information content (AvgIpc) is 2.55. The van der Waals surface area contributed by atoms with Crippen molar-refractivity contribution in [2.24, 2.45) is 5.10 Å². The molecule has 0 saturated heterocycles. The van der Waals surface area contributed by atoms with E-state index in [9.17, 15) is 14.0 Å². The summed E-state index contributed by atoms with van der Waals surface area (Å²) >= 11 is 5.93. The van der Waals surface area contributed by atoms with Crippen molar-refractivity contribution < 1.29 is 14.0 Å². The second kappa shape index (κ2) is 8.05. The molecule has 5 nitrogen and oxygen atoms in total. The second-order valence-corrected chi connectivity index (χ2v) is 4.91. The molecule has 0 radical (unpaired) electrons. The number of hydrazone groups is 1. The quantitative estimate of drug-likeness (QED) is 0.651. The third-order valence-electron chi connectivity index (χ3n) is 2.81. The highest BCUT2D eigenvalue weighted by atomic mass is 35.5. The van der Waals surface area contributed by atoms with Crippen molar-refractivity contribution in [1.82, 2.24) is 10.7 Å². The molecular weight excluding hydrogens is 321 g/mol. The zero-order chi connectivity index (χ0) is 16.7. The molecule has 2 amide bonds. The average molecular weight is 334 g/mol. The van der Waals surface area contributed by atoms with Crippen LogP contribution in [0.1, 0.15) is 15.9 Å². The molecule has 0 unspecified atom stereocenters. The van der Waals surface area contributed by atoms with Gasteiger partial charge in [-0.1, -0.05) is 29.8 Å². The summed E-state index contributed by atoms with van der Waals surface area (Å²) < 4.78 is 12.8. The third-order valence-corrected chi connectivity index (χ3v) is 3.16. The highest BCUT2D eigenvalue weighted by Crippen LogP contribution is 2.11. The lowest BCUT2D eigenvalue weighted by molar-refractivity contribution is -0.120. The van der Waals surface area contributed by atoms with Gasteiger partial charge in [0.05, 0.1) is 12.8 Å². The van der Waals surface area contributed by atoms with Crippen molar-refractivity contribution in [2.75, 3.05) is 6.54 Å². The van der Waals surface area contributed by atoms with Crippen molar-refractivity contribution in [3.63, 3.8) is 0 Å². The molecular formula is C16H13ClFN3O2. The van der Waals surface area contributed by atoms with Gasteiger partial charge in [0.2, 0.25) is 0 Å². The van der Waals surface area contributed by atoms with E-state index in [1.165, 1.54) is 30.5 Å². The van der Waals surface area contributed by atoms with Crippen LogP contribution in [0.2, 0.25) is 5.02 Å². The molecule has 0 bridgehead atoms. The predicted octanol–water partition coefficient (Wildman–Crippen LogP) is 2.36. The van der Waals surface area contributed by atoms with Crippen LogP contribution in [-0.4, -0.2) is 24.6 Å². The summed E-state index contributed by atoms with van der Waals surface area (Å²) in [6.45, 7) is -0.254. The number of carbonyl (C=O) groups excluding carboxylic acids is 2. The minimum atomic E-state index is -0.497. The molecule has 118 valence electrons. The zero-order valence-electron chi connectivity index (χ0n) is 11.9. The number of amides is 2. The Morgan fingerprint density at radius 3 is 2.52 bits per heavy atom. The first-order chi connectivity index (χ1) is 11.1. The topological polar surface area (TPSA) is 70.6 Å². The minimum absolute atomic E-state index is 0.254. The summed E-state index contributed by atoms with van der Waals surface area (Å²) in [6, 6.07) is 12.0. The highest BCUT2D eigenvalue weighted by molar-refractivity contribution is 6.33. The lowest BCUT2D eigenvalue weighted by Gasteiger charge is -2.04. The molecule has 0 aliphatic rings. The maximum atomic E-state index is 12.8. The van der Waals surface area contributed by atoms with Gasteiger partial charge in [-0.25, -0.2) is 9.82 Å². The van der Waals surface area contributed by atoms with Crippen LogP contribution in [0.15, 0.2) is 53.6 Å². The maximum absolute atomic E-state index is 12.8. The number of benzene rings is 2. The Balaban J connectivity index is 1.80. The van der Waals surface area contributed by atoms with Gasteiger partial charge in [0.15, 0.2) is 0 Å². The van der Waals surface area contributed by atoms with E-state index < -0.39 is 17.6 Å². The van der Waals surface area contributed by atoms with Crippen molar-refractivity contribution in [2.45, 2.75) is 0 Å². The Morgan fingerprint density at radius 1 is 1.13 bits per heavy atom. The standard InChI is InChI=1S/C16H13ClFN3O2/c17-14-4-2-1-3-12(14)9-20-21-15(22)10-19-16(23)11-5-7-13(18)8-6-11/h1-9H,10H2,(H,19,23)(H,21,22)/b20-9+. The number of carbonyl (C=O) groups is 2. The van der Waals surface area contributed by atoms with Gasteiger partial charge < -0.3 is 5.32 Å². The first-order valence-corrected chi connectivity index (χ1v) is 7.04. The van der Waals surface area contributed by atoms with Gasteiger partial charge in [-0.05, 0) is 30.3 Å². The molecule has 2 aromatic carbocycles. The zero-order valence-corrected chi connectivity index (χ0v) is 12.7. The molecule has 0 aliphatic carbocycles. The molecule has 7 heteroatoms. The van der Waals surface area contributed by atoms with Gasteiger partial charge in [0.25, 0.3) is 11.8 Å². The Labute approximate surface area is 137 Å². The number of rotatable bonds is 5. The van der Waals surface area contributed by atoms with Crippen LogP contribution in [0.4, 0.5) is 4.39 Å². The van der Waals surface area contributed by atoms with Gasteiger partial charge >= 0.3 is 0 Å². The van der Waals surface area contributed by atoms with E-state index in [0.717, 1.165) is 0 Å². The Bertz CT molecular complexity index is 732. The summed E-state index contributed by atoms with van der Waals surface area (Å²) in [6.07, 6.45) is 1.40. The molecule has 0 aliphatic heterocycles. The predicted molar refractivity (Wildman–Crippen MR) is 85.9 cm³/mol. The normalized spacial score (nSPS) is 10.5. The Morgan fingerprint density at radius 2 is 1.83 bits per heavy atom. The van der Waals surface area contributed by atoms with E-state index in [-0.39, 0.29) is 12.1 Å². The molecule has 0 atom stereocenters. The van der Waals surface area contributed by atoms with Gasteiger partial charge in [-0.15, -0.1) is 0 Å². The second-order valence-electron chi connectivity index (χ2n) is 4.50. The van der Waals surface area contributed by atoms with Crippen LogP contribution < -0.4 is 10.7 Å². The maximum Gasteiger partial charge on any atom is 0.259 e. The van der Waals surface area contributed by atoms with E-state index in [1.807, 2.05) is 0 Å². The Kier molecular flexibility index (Phi) is 5.82. The number of nitrogens with one attached hydrogen (secondary N) is 2. The van der Waals surface area contributed by atoms with E-state index >= 15 is 0 Å². The number of hydrogen-bond donors (Lipinski definition) is 2. The van der Waals surface area contributed by atoms with E-state index in [2.05, 4.69) is 15.8 Å². The van der Waals surface area contributed by atoms with Crippen molar-refractivity contribution in [1.29, 1.82) is 0 Å². The van der Waals surface area contributed by atoms with Crippen LogP contribution >= 0.6 is 11.6 Å². The minimum Gasteiger partial charge on any atom is -0.343 e. The number of halogens is 2. The molecule has 0 fully saturated rings. The van der Waals surface area contributed by atoms with Crippen molar-refractivity contribution in [3.8, 4) is 0 Å². The monoisotopic (exact) mass is 333 g/mol. The summed E-state index contributed by atoms with van der Waals surface area (Å²) in [4.78, 5) is 23.3. The molecule has 0 spiro atoms. The molecule has 0 aromatic heterocycles. The van der Waals surface area contributed by atoms with E-state index in [0.29, 0.717) is 10.6 Å².